The Morgan fingerprint density at radius 2 is 2.10 bits per heavy atom. The van der Waals surface area contributed by atoms with Gasteiger partial charge in [-0.1, -0.05) is 30.1 Å². The number of ether oxygens (including phenoxy) is 1. The number of benzene rings is 1. The Kier molecular flexibility index (Phi) is 4.96. The molecule has 21 heavy (non-hydrogen) atoms. The first-order valence-electron chi connectivity index (χ1n) is 6.47. The van der Waals surface area contributed by atoms with Gasteiger partial charge in [-0.05, 0) is 24.1 Å². The van der Waals surface area contributed by atoms with Crippen LogP contribution in [0.25, 0.3) is 0 Å². The first-order chi connectivity index (χ1) is 9.88. The van der Waals surface area contributed by atoms with Gasteiger partial charge in [0.2, 0.25) is 0 Å². The van der Waals surface area contributed by atoms with E-state index in [0.29, 0.717) is 22.3 Å². The van der Waals surface area contributed by atoms with E-state index in [-0.39, 0.29) is 25.0 Å². The van der Waals surface area contributed by atoms with Gasteiger partial charge in [0.05, 0.1) is 10.9 Å². The van der Waals surface area contributed by atoms with Crippen LogP contribution in [-0.4, -0.2) is 41.6 Å². The van der Waals surface area contributed by atoms with Crippen molar-refractivity contribution in [2.24, 2.45) is 11.8 Å². The fraction of sp³-hybridized carbons (Fsp3) is 0.429. The van der Waals surface area contributed by atoms with Gasteiger partial charge in [-0.25, -0.2) is 0 Å². The minimum atomic E-state index is -0.875. The third kappa shape index (κ3) is 3.80. The summed E-state index contributed by atoms with van der Waals surface area (Å²) in [5.41, 5.74) is 0. The van der Waals surface area contributed by atoms with Crippen LogP contribution in [0.5, 0.6) is 5.75 Å². The SMILES string of the molecule is CC1CN(C(=O)COc2ccc(Cl)cc2Cl)CC1C(=O)O. The van der Waals surface area contributed by atoms with Crippen molar-refractivity contribution in [1.82, 2.24) is 4.90 Å². The summed E-state index contributed by atoms with van der Waals surface area (Å²) in [4.78, 5) is 24.6. The van der Waals surface area contributed by atoms with Gasteiger partial charge < -0.3 is 14.7 Å². The number of hydrogen-bond acceptors (Lipinski definition) is 3. The first kappa shape index (κ1) is 15.9. The molecule has 1 amide bonds. The summed E-state index contributed by atoms with van der Waals surface area (Å²) in [5, 5.41) is 9.86. The number of rotatable bonds is 4. The first-order valence-corrected chi connectivity index (χ1v) is 7.22. The number of aliphatic carboxylic acids is 1. The molecule has 1 heterocycles. The molecule has 1 saturated heterocycles. The van der Waals surface area contributed by atoms with Crippen molar-refractivity contribution in [3.8, 4) is 5.75 Å². The molecule has 1 aromatic carbocycles. The maximum Gasteiger partial charge on any atom is 0.308 e. The van der Waals surface area contributed by atoms with Crippen LogP contribution in [0.3, 0.4) is 0 Å². The summed E-state index contributed by atoms with van der Waals surface area (Å²) in [7, 11) is 0. The molecule has 1 aliphatic rings. The fourth-order valence-electron chi connectivity index (χ4n) is 2.31. The van der Waals surface area contributed by atoms with E-state index >= 15 is 0 Å². The number of carbonyl (C=O) groups is 2. The van der Waals surface area contributed by atoms with Crippen LogP contribution >= 0.6 is 23.2 Å². The van der Waals surface area contributed by atoms with Crippen LogP contribution in [0.1, 0.15) is 6.92 Å². The lowest BCUT2D eigenvalue weighted by atomic mass is 9.99. The molecule has 0 aliphatic carbocycles. The van der Waals surface area contributed by atoms with Crippen molar-refractivity contribution in [1.29, 1.82) is 0 Å². The molecule has 2 atom stereocenters. The van der Waals surface area contributed by atoms with E-state index < -0.39 is 11.9 Å². The van der Waals surface area contributed by atoms with E-state index in [0.717, 1.165) is 0 Å². The van der Waals surface area contributed by atoms with Crippen LogP contribution in [0.2, 0.25) is 10.0 Å². The molecule has 0 saturated carbocycles. The zero-order valence-corrected chi connectivity index (χ0v) is 12.9. The quantitative estimate of drug-likeness (QED) is 0.920. The molecular weight excluding hydrogens is 317 g/mol. The van der Waals surface area contributed by atoms with Gasteiger partial charge in [-0.3, -0.25) is 9.59 Å². The van der Waals surface area contributed by atoms with Crippen molar-refractivity contribution >= 4 is 35.1 Å². The second-order valence-electron chi connectivity index (χ2n) is 5.08. The number of carboxylic acid groups (broad SMARTS) is 1. The lowest BCUT2D eigenvalue weighted by Crippen LogP contribution is -2.33. The lowest BCUT2D eigenvalue weighted by Gasteiger charge is -2.16. The molecule has 2 unspecified atom stereocenters. The van der Waals surface area contributed by atoms with Crippen molar-refractivity contribution in [2.75, 3.05) is 19.7 Å². The highest BCUT2D eigenvalue weighted by Gasteiger charge is 2.36. The Hall–Kier alpha value is -1.46. The Morgan fingerprint density at radius 3 is 2.67 bits per heavy atom. The third-order valence-electron chi connectivity index (χ3n) is 3.53. The van der Waals surface area contributed by atoms with Crippen molar-refractivity contribution in [3.05, 3.63) is 28.2 Å². The summed E-state index contributed by atoms with van der Waals surface area (Å²) in [6, 6.07) is 4.73. The monoisotopic (exact) mass is 331 g/mol. The number of likely N-dealkylation sites (tertiary alicyclic amines) is 1. The van der Waals surface area contributed by atoms with E-state index in [1.165, 1.54) is 11.0 Å². The summed E-state index contributed by atoms with van der Waals surface area (Å²) < 4.78 is 5.37. The van der Waals surface area contributed by atoms with Crippen LogP contribution in [-0.2, 0) is 9.59 Å². The van der Waals surface area contributed by atoms with E-state index in [4.69, 9.17) is 33.0 Å². The average Bonchev–Trinajstić information content (AvgIpc) is 2.80. The normalized spacial score (nSPS) is 21.4. The molecule has 0 spiro atoms. The van der Waals surface area contributed by atoms with E-state index in [1.807, 2.05) is 6.92 Å². The van der Waals surface area contributed by atoms with Gasteiger partial charge in [0.1, 0.15) is 5.75 Å². The molecular formula is C14H15Cl2NO4. The zero-order chi connectivity index (χ0) is 15.6. The number of hydrogen-bond donors (Lipinski definition) is 1. The summed E-state index contributed by atoms with van der Waals surface area (Å²) in [6.45, 7) is 2.28. The van der Waals surface area contributed by atoms with Crippen LogP contribution in [0.4, 0.5) is 0 Å². The van der Waals surface area contributed by atoms with Crippen molar-refractivity contribution < 1.29 is 19.4 Å². The summed E-state index contributed by atoms with van der Waals surface area (Å²) >= 11 is 11.7. The third-order valence-corrected chi connectivity index (χ3v) is 4.06. The van der Waals surface area contributed by atoms with Gasteiger partial charge in [0, 0.05) is 18.1 Å². The highest BCUT2D eigenvalue weighted by atomic mass is 35.5. The predicted octanol–water partition coefficient (Wildman–Crippen LogP) is 2.55. The van der Waals surface area contributed by atoms with E-state index in [1.54, 1.807) is 12.1 Å². The second-order valence-corrected chi connectivity index (χ2v) is 5.93. The molecule has 114 valence electrons. The highest BCUT2D eigenvalue weighted by Crippen LogP contribution is 2.28. The van der Waals surface area contributed by atoms with Gasteiger partial charge in [-0.15, -0.1) is 0 Å². The molecule has 1 N–H and O–H groups in total. The lowest BCUT2D eigenvalue weighted by molar-refractivity contribution is -0.142. The Labute approximate surface area is 132 Å². The maximum absolute atomic E-state index is 12.0. The minimum Gasteiger partial charge on any atom is -0.482 e. The molecule has 2 rings (SSSR count). The van der Waals surface area contributed by atoms with Gasteiger partial charge in [0.15, 0.2) is 6.61 Å². The van der Waals surface area contributed by atoms with E-state index in [9.17, 15) is 9.59 Å². The van der Waals surface area contributed by atoms with Gasteiger partial charge in [-0.2, -0.15) is 0 Å². The van der Waals surface area contributed by atoms with Gasteiger partial charge in [0.25, 0.3) is 5.91 Å². The van der Waals surface area contributed by atoms with Crippen LogP contribution in [0.15, 0.2) is 18.2 Å². The summed E-state index contributed by atoms with van der Waals surface area (Å²) in [5.74, 6) is -1.34. The van der Waals surface area contributed by atoms with Crippen LogP contribution in [0, 0.1) is 11.8 Å². The van der Waals surface area contributed by atoms with Crippen molar-refractivity contribution in [3.63, 3.8) is 0 Å². The fourth-order valence-corrected chi connectivity index (χ4v) is 2.78. The molecule has 0 aromatic heterocycles. The Balaban J connectivity index is 1.92. The standard InChI is InChI=1S/C14H15Cl2NO4/c1-8-5-17(6-10(8)14(19)20)13(18)7-21-12-3-2-9(15)4-11(12)16/h2-4,8,10H,5-7H2,1H3,(H,19,20). The smallest absolute Gasteiger partial charge is 0.308 e. The molecule has 1 aliphatic heterocycles. The Morgan fingerprint density at radius 1 is 1.38 bits per heavy atom. The van der Waals surface area contributed by atoms with Crippen molar-refractivity contribution in [2.45, 2.75) is 6.92 Å². The van der Waals surface area contributed by atoms with Crippen LogP contribution < -0.4 is 4.74 Å². The molecule has 0 bridgehead atoms. The number of carbonyl (C=O) groups excluding carboxylic acids is 1. The number of nitrogens with zero attached hydrogens (tertiary/aromatic N) is 1. The largest absolute Gasteiger partial charge is 0.482 e. The number of amides is 1. The zero-order valence-electron chi connectivity index (χ0n) is 11.4. The molecule has 5 nitrogen and oxygen atoms in total. The predicted molar refractivity (Wildman–Crippen MR) is 78.8 cm³/mol. The number of carboxylic acids is 1. The maximum atomic E-state index is 12.0. The molecule has 7 heteroatoms. The topological polar surface area (TPSA) is 66.8 Å². The highest BCUT2D eigenvalue weighted by molar-refractivity contribution is 6.35. The Bertz CT molecular complexity index is 564. The van der Waals surface area contributed by atoms with E-state index in [2.05, 4.69) is 0 Å². The average molecular weight is 332 g/mol. The van der Waals surface area contributed by atoms with Gasteiger partial charge >= 0.3 is 5.97 Å². The molecule has 1 fully saturated rings. The number of halogens is 2. The minimum absolute atomic E-state index is 0.0643. The second kappa shape index (κ2) is 6.54. The molecule has 1 aromatic rings. The summed E-state index contributed by atoms with van der Waals surface area (Å²) in [6.07, 6.45) is 0. The molecule has 0 radical (unpaired) electrons.